The molecule has 2 N–H and O–H groups in total. The zero-order valence-electron chi connectivity index (χ0n) is 10.3. The van der Waals surface area contributed by atoms with Crippen molar-refractivity contribution in [3.05, 3.63) is 22.7 Å². The summed E-state index contributed by atoms with van der Waals surface area (Å²) < 4.78 is 11.5. The number of aromatic carboxylic acids is 1. The lowest BCUT2D eigenvalue weighted by molar-refractivity contribution is 0.0696. The Kier molecular flexibility index (Phi) is 5.78. The van der Waals surface area contributed by atoms with Gasteiger partial charge in [-0.25, -0.2) is 4.79 Å². The SMILES string of the molecule is CCCCNc1cc(C(=O)O)cc([S+](C)[O-])c1Cl. The molecule has 0 fully saturated rings. The molecule has 0 bridgehead atoms. The molecule has 18 heavy (non-hydrogen) atoms. The molecule has 6 heteroatoms. The minimum absolute atomic E-state index is 0.0867. The Balaban J connectivity index is 3.10. The van der Waals surface area contributed by atoms with Crippen molar-refractivity contribution >= 4 is 34.4 Å². The molecule has 1 aromatic rings. The predicted molar refractivity (Wildman–Crippen MR) is 74.1 cm³/mol. The summed E-state index contributed by atoms with van der Waals surface area (Å²) in [5, 5.41) is 12.4. The summed E-state index contributed by atoms with van der Waals surface area (Å²) in [6.45, 7) is 2.76. The molecule has 0 aliphatic carbocycles. The first-order valence-corrected chi connectivity index (χ1v) is 7.55. The number of unbranched alkanes of at least 4 members (excludes halogenated alkanes) is 1. The number of anilines is 1. The van der Waals surface area contributed by atoms with E-state index >= 15 is 0 Å². The van der Waals surface area contributed by atoms with Gasteiger partial charge in [0.1, 0.15) is 11.3 Å². The molecule has 1 rings (SSSR count). The highest BCUT2D eigenvalue weighted by Crippen LogP contribution is 2.31. The van der Waals surface area contributed by atoms with Gasteiger partial charge >= 0.3 is 5.97 Å². The summed E-state index contributed by atoms with van der Waals surface area (Å²) in [4.78, 5) is 11.3. The first-order chi connectivity index (χ1) is 8.47. The molecule has 0 amide bonds. The summed E-state index contributed by atoms with van der Waals surface area (Å²) in [5.41, 5.74) is 0.610. The van der Waals surface area contributed by atoms with Gasteiger partial charge in [0.25, 0.3) is 0 Å². The topological polar surface area (TPSA) is 72.4 Å². The molecule has 1 aromatic carbocycles. The standard InChI is InChI=1S/C12H16ClNO3S/c1-3-4-5-14-9-6-8(12(15)16)7-10(11(9)13)18(2)17/h6-7,14H,3-5H2,1-2H3,(H,15,16). The number of carboxylic acid groups (broad SMARTS) is 1. The van der Waals surface area contributed by atoms with Gasteiger partial charge in [0, 0.05) is 12.6 Å². The normalized spacial score (nSPS) is 12.2. The smallest absolute Gasteiger partial charge is 0.335 e. The van der Waals surface area contributed by atoms with Crippen LogP contribution in [0.1, 0.15) is 30.1 Å². The largest absolute Gasteiger partial charge is 0.612 e. The lowest BCUT2D eigenvalue weighted by Gasteiger charge is -2.13. The average Bonchev–Trinajstić information content (AvgIpc) is 2.30. The second kappa shape index (κ2) is 6.87. The van der Waals surface area contributed by atoms with E-state index in [1.54, 1.807) is 0 Å². The molecule has 0 heterocycles. The first-order valence-electron chi connectivity index (χ1n) is 5.61. The third-order valence-electron chi connectivity index (χ3n) is 2.44. The maximum absolute atomic E-state index is 11.5. The monoisotopic (exact) mass is 289 g/mol. The minimum Gasteiger partial charge on any atom is -0.612 e. The third kappa shape index (κ3) is 3.80. The van der Waals surface area contributed by atoms with Crippen molar-refractivity contribution in [3.8, 4) is 0 Å². The highest BCUT2D eigenvalue weighted by atomic mass is 35.5. The van der Waals surface area contributed by atoms with Crippen molar-refractivity contribution < 1.29 is 14.5 Å². The van der Waals surface area contributed by atoms with Gasteiger partial charge in [-0.15, -0.1) is 0 Å². The summed E-state index contributed by atoms with van der Waals surface area (Å²) in [6, 6.07) is 2.82. The fraction of sp³-hybridized carbons (Fsp3) is 0.417. The van der Waals surface area contributed by atoms with Crippen molar-refractivity contribution in [2.24, 2.45) is 0 Å². The van der Waals surface area contributed by atoms with Crippen LogP contribution in [-0.2, 0) is 11.2 Å². The fourth-order valence-electron chi connectivity index (χ4n) is 1.46. The molecular formula is C12H16ClNO3S. The molecule has 0 radical (unpaired) electrons. The van der Waals surface area contributed by atoms with E-state index in [0.717, 1.165) is 12.8 Å². The second-order valence-corrected chi connectivity index (χ2v) is 5.60. The van der Waals surface area contributed by atoms with E-state index in [1.807, 2.05) is 0 Å². The molecule has 1 atom stereocenters. The Morgan fingerprint density at radius 1 is 1.56 bits per heavy atom. The van der Waals surface area contributed by atoms with Gasteiger partial charge in [-0.1, -0.05) is 24.9 Å². The zero-order valence-corrected chi connectivity index (χ0v) is 11.9. The van der Waals surface area contributed by atoms with Crippen LogP contribution in [0.25, 0.3) is 0 Å². The molecule has 0 saturated heterocycles. The summed E-state index contributed by atoms with van der Waals surface area (Å²) in [7, 11) is 0. The summed E-state index contributed by atoms with van der Waals surface area (Å²) >= 11 is 4.79. The number of hydrogen-bond donors (Lipinski definition) is 2. The molecule has 0 saturated carbocycles. The fourth-order valence-corrected chi connectivity index (χ4v) is 2.62. The molecule has 100 valence electrons. The van der Waals surface area contributed by atoms with Crippen LogP contribution in [0.15, 0.2) is 17.0 Å². The van der Waals surface area contributed by atoms with Gasteiger partial charge < -0.3 is 15.0 Å². The number of carboxylic acids is 1. The van der Waals surface area contributed by atoms with Gasteiger partial charge in [-0.2, -0.15) is 0 Å². The molecule has 0 aromatic heterocycles. The van der Waals surface area contributed by atoms with Gasteiger partial charge in [0.2, 0.25) is 0 Å². The van der Waals surface area contributed by atoms with E-state index in [-0.39, 0.29) is 5.56 Å². The van der Waals surface area contributed by atoms with Crippen LogP contribution in [0.5, 0.6) is 0 Å². The molecule has 0 spiro atoms. The Morgan fingerprint density at radius 2 is 2.22 bits per heavy atom. The number of halogens is 1. The maximum Gasteiger partial charge on any atom is 0.335 e. The Bertz CT molecular complexity index is 438. The van der Waals surface area contributed by atoms with Crippen molar-refractivity contribution in [3.63, 3.8) is 0 Å². The van der Waals surface area contributed by atoms with E-state index in [2.05, 4.69) is 12.2 Å². The highest BCUT2D eigenvalue weighted by molar-refractivity contribution is 7.90. The number of carbonyl (C=O) groups is 1. The zero-order chi connectivity index (χ0) is 13.7. The lowest BCUT2D eigenvalue weighted by Crippen LogP contribution is -2.08. The third-order valence-corrected chi connectivity index (χ3v) is 3.90. The Morgan fingerprint density at radius 3 is 2.72 bits per heavy atom. The number of hydrogen-bond acceptors (Lipinski definition) is 3. The average molecular weight is 290 g/mol. The van der Waals surface area contributed by atoms with Crippen LogP contribution in [0.3, 0.4) is 0 Å². The lowest BCUT2D eigenvalue weighted by atomic mass is 10.2. The molecule has 0 aliphatic heterocycles. The van der Waals surface area contributed by atoms with Crippen LogP contribution >= 0.6 is 11.6 Å². The van der Waals surface area contributed by atoms with Gasteiger partial charge in [-0.05, 0) is 23.7 Å². The van der Waals surface area contributed by atoms with Crippen molar-refractivity contribution in [1.82, 2.24) is 0 Å². The van der Waals surface area contributed by atoms with Gasteiger partial charge in [0.15, 0.2) is 4.90 Å². The summed E-state index contributed by atoms with van der Waals surface area (Å²) in [6.07, 6.45) is 3.46. The molecule has 4 nitrogen and oxygen atoms in total. The van der Waals surface area contributed by atoms with Gasteiger partial charge in [0.05, 0.1) is 11.3 Å². The van der Waals surface area contributed by atoms with Crippen molar-refractivity contribution in [1.29, 1.82) is 0 Å². The quantitative estimate of drug-likeness (QED) is 0.624. The number of nitrogens with one attached hydrogen (secondary N) is 1. The highest BCUT2D eigenvalue weighted by Gasteiger charge is 2.18. The number of benzene rings is 1. The first kappa shape index (κ1) is 15.1. The van der Waals surface area contributed by atoms with E-state index in [1.165, 1.54) is 18.4 Å². The minimum atomic E-state index is -1.32. The van der Waals surface area contributed by atoms with E-state index in [4.69, 9.17) is 16.7 Å². The molecular weight excluding hydrogens is 274 g/mol. The maximum atomic E-state index is 11.5. The second-order valence-electron chi connectivity index (χ2n) is 3.88. The van der Waals surface area contributed by atoms with E-state index < -0.39 is 17.1 Å². The van der Waals surface area contributed by atoms with Crippen LogP contribution < -0.4 is 5.32 Å². The van der Waals surface area contributed by atoms with Gasteiger partial charge in [-0.3, -0.25) is 0 Å². The van der Waals surface area contributed by atoms with E-state index in [0.29, 0.717) is 22.2 Å². The molecule has 0 aliphatic rings. The Labute approximate surface area is 115 Å². The van der Waals surface area contributed by atoms with Crippen molar-refractivity contribution in [2.75, 3.05) is 18.1 Å². The predicted octanol–water partition coefficient (Wildman–Crippen LogP) is 2.99. The number of rotatable bonds is 6. The molecule has 1 unspecified atom stereocenters. The summed E-state index contributed by atoms with van der Waals surface area (Å²) in [5.74, 6) is -1.06. The van der Waals surface area contributed by atoms with Crippen LogP contribution in [0, 0.1) is 0 Å². The van der Waals surface area contributed by atoms with Crippen LogP contribution in [0.4, 0.5) is 5.69 Å². The van der Waals surface area contributed by atoms with Crippen LogP contribution in [0.2, 0.25) is 5.02 Å². The van der Waals surface area contributed by atoms with Crippen molar-refractivity contribution in [2.45, 2.75) is 24.7 Å². The van der Waals surface area contributed by atoms with E-state index in [9.17, 15) is 9.35 Å². The Hall–Kier alpha value is -0.910. The van der Waals surface area contributed by atoms with Crippen LogP contribution in [-0.4, -0.2) is 28.4 Å².